The normalized spacial score (nSPS) is 15.9. The van der Waals surface area contributed by atoms with Crippen molar-refractivity contribution >= 4 is 21.5 Å². The Morgan fingerprint density at radius 2 is 2.20 bits per heavy atom. The number of fused-ring (bicyclic) bond motifs is 1. The van der Waals surface area contributed by atoms with Gasteiger partial charge in [-0.1, -0.05) is 13.0 Å². The van der Waals surface area contributed by atoms with Crippen molar-refractivity contribution in [2.24, 2.45) is 0 Å². The molecule has 1 N–H and O–H groups in total. The van der Waals surface area contributed by atoms with Crippen LogP contribution in [0.3, 0.4) is 0 Å². The molecule has 2 aromatic heterocycles. The number of hydrogen-bond donors (Lipinski definition) is 1. The third kappa shape index (κ3) is 1.97. The van der Waals surface area contributed by atoms with Crippen molar-refractivity contribution in [2.45, 2.75) is 30.8 Å². The highest BCUT2D eigenvalue weighted by Gasteiger charge is 2.39. The lowest BCUT2D eigenvalue weighted by molar-refractivity contribution is 0.418. The van der Waals surface area contributed by atoms with Crippen LogP contribution in [0.25, 0.3) is 5.65 Å². The van der Waals surface area contributed by atoms with Crippen molar-refractivity contribution in [1.29, 1.82) is 0 Å². The van der Waals surface area contributed by atoms with E-state index in [9.17, 15) is 8.42 Å². The summed E-state index contributed by atoms with van der Waals surface area (Å²) in [7, 11) is -1.85. The lowest BCUT2D eigenvalue weighted by atomic mass is 10.5. The van der Waals surface area contributed by atoms with Crippen LogP contribution in [0.1, 0.15) is 19.8 Å². The van der Waals surface area contributed by atoms with Gasteiger partial charge in [-0.15, -0.1) is 0 Å². The zero-order valence-corrected chi connectivity index (χ0v) is 12.4. The van der Waals surface area contributed by atoms with Crippen LogP contribution in [-0.4, -0.2) is 41.7 Å². The number of nitrogens with one attached hydrogen (secondary N) is 1. The van der Waals surface area contributed by atoms with Gasteiger partial charge in [-0.25, -0.2) is 13.4 Å². The summed E-state index contributed by atoms with van der Waals surface area (Å²) < 4.78 is 29.1. The van der Waals surface area contributed by atoms with Crippen molar-refractivity contribution in [2.75, 3.05) is 18.9 Å². The number of anilines is 1. The topological polar surface area (TPSA) is 66.7 Å². The second kappa shape index (κ2) is 4.75. The summed E-state index contributed by atoms with van der Waals surface area (Å²) in [6, 6.07) is 5.59. The van der Waals surface area contributed by atoms with E-state index in [0.717, 1.165) is 12.8 Å². The molecule has 0 unspecified atom stereocenters. The van der Waals surface area contributed by atoms with Crippen LogP contribution in [0.5, 0.6) is 0 Å². The van der Waals surface area contributed by atoms with E-state index in [1.165, 1.54) is 0 Å². The van der Waals surface area contributed by atoms with E-state index in [0.29, 0.717) is 18.0 Å². The van der Waals surface area contributed by atoms with Crippen LogP contribution in [-0.2, 0) is 10.0 Å². The second-order valence-electron chi connectivity index (χ2n) is 4.88. The van der Waals surface area contributed by atoms with Gasteiger partial charge in [0.1, 0.15) is 5.65 Å². The number of imidazole rings is 1. The van der Waals surface area contributed by atoms with Gasteiger partial charge in [0, 0.05) is 25.8 Å². The van der Waals surface area contributed by atoms with Crippen molar-refractivity contribution in [3.05, 3.63) is 24.4 Å². The maximum Gasteiger partial charge on any atom is 0.263 e. The van der Waals surface area contributed by atoms with Gasteiger partial charge in [0.05, 0.1) is 0 Å². The smallest absolute Gasteiger partial charge is 0.263 e. The van der Waals surface area contributed by atoms with Crippen LogP contribution in [0, 0.1) is 0 Å². The maximum atomic E-state index is 12.9. The molecule has 0 bridgehead atoms. The number of sulfonamides is 1. The molecule has 0 aromatic carbocycles. The minimum atomic E-state index is -3.54. The minimum Gasteiger partial charge on any atom is -0.371 e. The molecule has 0 radical (unpaired) electrons. The molecule has 6 nitrogen and oxygen atoms in total. The molecule has 1 fully saturated rings. The molecule has 108 valence electrons. The molecular formula is C13H18N4O2S. The quantitative estimate of drug-likeness (QED) is 0.908. The first kappa shape index (κ1) is 13.4. The van der Waals surface area contributed by atoms with Crippen molar-refractivity contribution in [1.82, 2.24) is 13.7 Å². The van der Waals surface area contributed by atoms with Crippen molar-refractivity contribution < 1.29 is 8.42 Å². The van der Waals surface area contributed by atoms with Gasteiger partial charge < -0.3 is 5.32 Å². The molecule has 1 aliphatic rings. The number of aromatic nitrogens is 2. The lowest BCUT2D eigenvalue weighted by Crippen LogP contribution is -2.34. The van der Waals surface area contributed by atoms with Crippen LogP contribution in [0.15, 0.2) is 29.4 Å². The molecule has 0 aliphatic heterocycles. The van der Waals surface area contributed by atoms with Gasteiger partial charge in [0.15, 0.2) is 10.8 Å². The molecule has 7 heteroatoms. The Kier molecular flexibility index (Phi) is 3.18. The monoisotopic (exact) mass is 294 g/mol. The Morgan fingerprint density at radius 1 is 1.45 bits per heavy atom. The van der Waals surface area contributed by atoms with Crippen LogP contribution >= 0.6 is 0 Å². The average molecular weight is 294 g/mol. The Labute approximate surface area is 118 Å². The highest BCUT2D eigenvalue weighted by molar-refractivity contribution is 7.89. The number of rotatable bonds is 5. The third-order valence-electron chi connectivity index (χ3n) is 3.54. The van der Waals surface area contributed by atoms with Gasteiger partial charge in [0.25, 0.3) is 10.0 Å². The number of hydrogen-bond acceptors (Lipinski definition) is 4. The fourth-order valence-corrected chi connectivity index (χ4v) is 4.44. The highest BCUT2D eigenvalue weighted by Crippen LogP contribution is 2.34. The molecule has 2 aromatic rings. The molecule has 2 heterocycles. The van der Waals surface area contributed by atoms with Crippen LogP contribution in [0.2, 0.25) is 0 Å². The molecule has 0 saturated heterocycles. The molecular weight excluding hydrogens is 276 g/mol. The summed E-state index contributed by atoms with van der Waals surface area (Å²) >= 11 is 0. The Morgan fingerprint density at radius 3 is 2.80 bits per heavy atom. The van der Waals surface area contributed by atoms with E-state index in [4.69, 9.17) is 0 Å². The fraction of sp³-hybridized carbons (Fsp3) is 0.462. The first-order chi connectivity index (χ1) is 9.59. The maximum absolute atomic E-state index is 12.9. The summed E-state index contributed by atoms with van der Waals surface area (Å²) in [5.41, 5.74) is 0.627. The molecule has 1 aliphatic carbocycles. The van der Waals surface area contributed by atoms with E-state index >= 15 is 0 Å². The lowest BCUT2D eigenvalue weighted by Gasteiger charge is -2.20. The second-order valence-corrected chi connectivity index (χ2v) is 6.69. The molecule has 0 atom stereocenters. The summed E-state index contributed by atoms with van der Waals surface area (Å²) in [4.78, 5) is 4.34. The van der Waals surface area contributed by atoms with Gasteiger partial charge in [-0.3, -0.25) is 4.40 Å². The molecule has 20 heavy (non-hydrogen) atoms. The summed E-state index contributed by atoms with van der Waals surface area (Å²) in [6.45, 7) is 2.36. The Hall–Kier alpha value is -1.60. The van der Waals surface area contributed by atoms with Crippen molar-refractivity contribution in [3.8, 4) is 0 Å². The Bertz CT molecular complexity index is 734. The zero-order valence-electron chi connectivity index (χ0n) is 11.6. The number of nitrogens with zero attached hydrogens (tertiary/aromatic N) is 3. The highest BCUT2D eigenvalue weighted by atomic mass is 32.2. The first-order valence-electron chi connectivity index (χ1n) is 6.76. The summed E-state index contributed by atoms with van der Waals surface area (Å²) in [5, 5.41) is 3.12. The van der Waals surface area contributed by atoms with Crippen molar-refractivity contribution in [3.63, 3.8) is 0 Å². The SMILES string of the molecule is CCN(C1CC1)S(=O)(=O)c1c(NC)nc2ccccn12. The van der Waals surface area contributed by atoms with Crippen LogP contribution in [0.4, 0.5) is 5.82 Å². The van der Waals surface area contributed by atoms with E-state index in [-0.39, 0.29) is 11.1 Å². The predicted molar refractivity (Wildman–Crippen MR) is 77.3 cm³/mol. The first-order valence-corrected chi connectivity index (χ1v) is 8.20. The van der Waals surface area contributed by atoms with Gasteiger partial charge >= 0.3 is 0 Å². The van der Waals surface area contributed by atoms with Gasteiger partial charge in [-0.2, -0.15) is 4.31 Å². The summed E-state index contributed by atoms with van der Waals surface area (Å²) in [6.07, 6.45) is 3.62. The third-order valence-corrected chi connectivity index (χ3v) is 5.59. The fourth-order valence-electron chi connectivity index (χ4n) is 2.48. The van der Waals surface area contributed by atoms with E-state index in [1.807, 2.05) is 13.0 Å². The average Bonchev–Trinajstić information content (AvgIpc) is 3.17. The molecule has 1 saturated carbocycles. The van der Waals surface area contributed by atoms with E-state index in [2.05, 4.69) is 10.3 Å². The summed E-state index contributed by atoms with van der Waals surface area (Å²) in [5.74, 6) is 0.398. The number of pyridine rings is 1. The minimum absolute atomic E-state index is 0.143. The van der Waals surface area contributed by atoms with E-state index < -0.39 is 10.0 Å². The zero-order chi connectivity index (χ0) is 14.3. The molecule has 3 rings (SSSR count). The molecule has 0 spiro atoms. The molecule has 0 amide bonds. The van der Waals surface area contributed by atoms with E-state index in [1.54, 1.807) is 34.1 Å². The largest absolute Gasteiger partial charge is 0.371 e. The van der Waals surface area contributed by atoms with Gasteiger partial charge in [0.2, 0.25) is 0 Å². The Balaban J connectivity index is 2.21. The van der Waals surface area contributed by atoms with Gasteiger partial charge in [-0.05, 0) is 25.0 Å². The van der Waals surface area contributed by atoms with Crippen LogP contribution < -0.4 is 5.32 Å². The predicted octanol–water partition coefficient (Wildman–Crippen LogP) is 1.55. The standard InChI is InChI=1S/C13H18N4O2S/c1-3-17(10-7-8-10)20(18,19)13-12(14-2)15-11-6-4-5-9-16(11)13/h4-6,9-10,14H,3,7-8H2,1-2H3.